The molecule has 0 unspecified atom stereocenters. The third-order valence-corrected chi connectivity index (χ3v) is 6.64. The average molecular weight is 465 g/mol. The second kappa shape index (κ2) is 9.51. The first-order valence-electron chi connectivity index (χ1n) is 11.5. The van der Waals surface area contributed by atoms with E-state index in [-0.39, 0.29) is 17.1 Å². The number of ether oxygens (including phenoxy) is 3. The van der Waals surface area contributed by atoms with Crippen LogP contribution in [0.15, 0.2) is 46.0 Å². The molecule has 3 aliphatic rings. The molecule has 1 fully saturated rings. The highest BCUT2D eigenvalue weighted by atomic mass is 16.5. The lowest BCUT2D eigenvalue weighted by molar-refractivity contribution is -0.119. The van der Waals surface area contributed by atoms with Gasteiger partial charge in [0, 0.05) is 44.6 Å². The molecule has 34 heavy (non-hydrogen) atoms. The number of nitrogens with zero attached hydrogens (tertiary/aromatic N) is 4. The number of likely N-dealkylation sites (N-methyl/N-ethyl adjacent to an activating group) is 1. The largest absolute Gasteiger partial charge is 0.493 e. The van der Waals surface area contributed by atoms with Gasteiger partial charge >= 0.3 is 0 Å². The predicted molar refractivity (Wildman–Crippen MR) is 129 cm³/mol. The molecule has 1 aliphatic carbocycles. The van der Waals surface area contributed by atoms with E-state index < -0.39 is 5.92 Å². The van der Waals surface area contributed by atoms with Crippen LogP contribution in [0.5, 0.6) is 11.5 Å². The summed E-state index contributed by atoms with van der Waals surface area (Å²) in [7, 11) is 5.24. The van der Waals surface area contributed by atoms with Crippen molar-refractivity contribution in [2.24, 2.45) is 10.4 Å². The number of methoxy groups -OCH3 is 2. The molecule has 2 heterocycles. The van der Waals surface area contributed by atoms with Gasteiger partial charge < -0.3 is 24.0 Å². The number of rotatable bonds is 5. The van der Waals surface area contributed by atoms with Crippen molar-refractivity contribution in [3.05, 3.63) is 46.6 Å². The van der Waals surface area contributed by atoms with E-state index in [4.69, 9.17) is 14.2 Å². The first-order valence-corrected chi connectivity index (χ1v) is 11.5. The van der Waals surface area contributed by atoms with Crippen molar-refractivity contribution < 1.29 is 19.0 Å². The summed E-state index contributed by atoms with van der Waals surface area (Å²) in [5.74, 6) is 1.41. The Morgan fingerprint density at radius 1 is 1.15 bits per heavy atom. The first-order chi connectivity index (χ1) is 16.3. The van der Waals surface area contributed by atoms with Crippen molar-refractivity contribution >= 4 is 12.1 Å². The molecule has 8 nitrogen and oxygen atoms in total. The second-order valence-electron chi connectivity index (χ2n) is 9.84. The zero-order valence-corrected chi connectivity index (χ0v) is 20.6. The number of nitriles is 1. The Bertz CT molecular complexity index is 1100. The molecule has 1 atom stereocenters. The van der Waals surface area contributed by atoms with E-state index in [2.05, 4.69) is 41.8 Å². The second-order valence-corrected chi connectivity index (χ2v) is 9.84. The van der Waals surface area contributed by atoms with Crippen LogP contribution in [0.25, 0.3) is 0 Å². The maximum Gasteiger partial charge on any atom is 0.235 e. The van der Waals surface area contributed by atoms with Crippen LogP contribution in [0.3, 0.4) is 0 Å². The van der Waals surface area contributed by atoms with Crippen molar-refractivity contribution in [2.45, 2.75) is 32.6 Å². The Balaban J connectivity index is 1.80. The van der Waals surface area contributed by atoms with E-state index in [1.807, 2.05) is 12.1 Å². The number of hydrogen-bond acceptors (Lipinski definition) is 7. The van der Waals surface area contributed by atoms with Crippen molar-refractivity contribution in [1.29, 1.82) is 5.26 Å². The Morgan fingerprint density at radius 3 is 2.50 bits per heavy atom. The van der Waals surface area contributed by atoms with E-state index >= 15 is 0 Å². The Labute approximate surface area is 201 Å². The highest BCUT2D eigenvalue weighted by molar-refractivity contribution is 6.00. The first kappa shape index (κ1) is 23.8. The number of ketones is 1. The molecule has 8 heteroatoms. The lowest BCUT2D eigenvalue weighted by Crippen LogP contribution is -2.43. The quantitative estimate of drug-likeness (QED) is 0.487. The number of hydrogen-bond donors (Lipinski definition) is 0. The summed E-state index contributed by atoms with van der Waals surface area (Å²) in [5, 5.41) is 10.2. The molecule has 0 spiro atoms. The van der Waals surface area contributed by atoms with Crippen LogP contribution in [-0.4, -0.2) is 69.4 Å². The SMILES string of the molecule is COc1ccc([C@H]2C(C#N)=C(N=CN3CCN(C)CC3)OC3=C2C(=O)CC(C)(C)C3)cc1OC. The number of carbonyl (C=O) groups is 1. The molecule has 0 N–H and O–H groups in total. The maximum absolute atomic E-state index is 13.3. The molecule has 2 aliphatic heterocycles. The summed E-state index contributed by atoms with van der Waals surface area (Å²) in [4.78, 5) is 22.3. The van der Waals surface area contributed by atoms with Gasteiger partial charge in [0.05, 0.1) is 26.5 Å². The van der Waals surface area contributed by atoms with Gasteiger partial charge in [-0.2, -0.15) is 5.26 Å². The zero-order valence-electron chi connectivity index (χ0n) is 20.6. The number of aliphatic imine (C=N–C) groups is 1. The number of carbonyl (C=O) groups excluding carboxylic acids is 1. The van der Waals surface area contributed by atoms with Crippen LogP contribution in [0.4, 0.5) is 0 Å². The predicted octanol–water partition coefficient (Wildman–Crippen LogP) is 3.47. The normalized spacial score (nSPS) is 23.0. The molecule has 0 bridgehead atoms. The van der Waals surface area contributed by atoms with Gasteiger partial charge in [-0.25, -0.2) is 4.99 Å². The molecule has 0 saturated carbocycles. The van der Waals surface area contributed by atoms with Crippen molar-refractivity contribution in [2.75, 3.05) is 47.4 Å². The van der Waals surface area contributed by atoms with Gasteiger partial charge in [-0.1, -0.05) is 19.9 Å². The lowest BCUT2D eigenvalue weighted by atomic mass is 9.70. The summed E-state index contributed by atoms with van der Waals surface area (Å²) < 4.78 is 17.1. The third-order valence-electron chi connectivity index (χ3n) is 6.64. The molecule has 0 aromatic heterocycles. The topological polar surface area (TPSA) is 87.4 Å². The smallest absolute Gasteiger partial charge is 0.235 e. The molecular weight excluding hydrogens is 432 g/mol. The van der Waals surface area contributed by atoms with Crippen molar-refractivity contribution in [3.8, 4) is 17.6 Å². The van der Waals surface area contributed by atoms with Crippen LogP contribution in [-0.2, 0) is 9.53 Å². The molecule has 1 saturated heterocycles. The van der Waals surface area contributed by atoms with Crippen LogP contribution in [0.1, 0.15) is 38.2 Å². The molecular formula is C26H32N4O4. The highest BCUT2D eigenvalue weighted by Crippen LogP contribution is 2.49. The number of Topliss-reactive ketones (excluding diaryl/α,β-unsaturated/α-hetero) is 1. The third kappa shape index (κ3) is 4.66. The van der Waals surface area contributed by atoms with E-state index in [1.54, 1.807) is 26.6 Å². The van der Waals surface area contributed by atoms with Gasteiger partial charge in [-0.3, -0.25) is 4.79 Å². The van der Waals surface area contributed by atoms with Gasteiger partial charge in [0.25, 0.3) is 0 Å². The van der Waals surface area contributed by atoms with E-state index in [1.165, 1.54) is 0 Å². The lowest BCUT2D eigenvalue weighted by Gasteiger charge is -2.37. The van der Waals surface area contributed by atoms with Crippen LogP contribution in [0.2, 0.25) is 0 Å². The number of piperazine rings is 1. The summed E-state index contributed by atoms with van der Waals surface area (Å²) in [6.07, 6.45) is 2.76. The summed E-state index contributed by atoms with van der Waals surface area (Å²) in [6, 6.07) is 7.78. The van der Waals surface area contributed by atoms with Gasteiger partial charge in [-0.05, 0) is 30.2 Å². The zero-order chi connectivity index (χ0) is 24.5. The summed E-state index contributed by atoms with van der Waals surface area (Å²) >= 11 is 0. The van der Waals surface area contributed by atoms with Crippen LogP contribution >= 0.6 is 0 Å². The van der Waals surface area contributed by atoms with Gasteiger partial charge in [0.15, 0.2) is 17.3 Å². The molecule has 4 rings (SSSR count). The summed E-state index contributed by atoms with van der Waals surface area (Å²) in [6.45, 7) is 7.72. The minimum atomic E-state index is -0.572. The minimum absolute atomic E-state index is 0.000817. The number of allylic oxidation sites excluding steroid dienone is 3. The van der Waals surface area contributed by atoms with E-state index in [0.717, 1.165) is 31.7 Å². The van der Waals surface area contributed by atoms with E-state index in [0.29, 0.717) is 41.2 Å². The minimum Gasteiger partial charge on any atom is -0.493 e. The fourth-order valence-corrected chi connectivity index (χ4v) is 4.78. The number of benzene rings is 1. The summed E-state index contributed by atoms with van der Waals surface area (Å²) in [5.41, 5.74) is 1.41. The molecule has 180 valence electrons. The van der Waals surface area contributed by atoms with Crippen molar-refractivity contribution in [3.63, 3.8) is 0 Å². The molecule has 0 amide bonds. The van der Waals surface area contributed by atoms with Crippen molar-refractivity contribution in [1.82, 2.24) is 9.80 Å². The molecule has 1 aromatic rings. The maximum atomic E-state index is 13.3. The monoisotopic (exact) mass is 464 g/mol. The fraction of sp³-hybridized carbons (Fsp3) is 0.500. The van der Waals surface area contributed by atoms with Crippen LogP contribution < -0.4 is 9.47 Å². The Morgan fingerprint density at radius 2 is 1.85 bits per heavy atom. The Kier molecular flexibility index (Phi) is 6.67. The van der Waals surface area contributed by atoms with Gasteiger partial charge in [0.2, 0.25) is 5.88 Å². The Hall–Kier alpha value is -3.31. The molecule has 0 radical (unpaired) electrons. The van der Waals surface area contributed by atoms with Crippen LogP contribution in [0, 0.1) is 16.7 Å². The molecule has 1 aromatic carbocycles. The highest BCUT2D eigenvalue weighted by Gasteiger charge is 2.43. The standard InChI is InChI=1S/C26H32N4O4/c1-26(2)13-19(31)24-22(14-26)34-25(28-16-30-10-8-29(3)9-11-30)18(15-27)23(24)17-6-7-20(32-4)21(12-17)33-5/h6-7,12,16,23H,8-11,13-14H2,1-5H3/t23-/m0/s1. The van der Waals surface area contributed by atoms with Gasteiger partial charge in [-0.15, -0.1) is 0 Å². The van der Waals surface area contributed by atoms with Gasteiger partial charge in [0.1, 0.15) is 17.4 Å². The average Bonchev–Trinajstić information content (AvgIpc) is 2.81. The van der Waals surface area contributed by atoms with E-state index in [9.17, 15) is 10.1 Å². The fourth-order valence-electron chi connectivity index (χ4n) is 4.78.